The summed E-state index contributed by atoms with van der Waals surface area (Å²) >= 11 is 0. The minimum absolute atomic E-state index is 0.221. The highest BCUT2D eigenvalue weighted by Crippen LogP contribution is 2.32. The quantitative estimate of drug-likeness (QED) is 0.468. The van der Waals surface area contributed by atoms with Gasteiger partial charge in [0, 0.05) is 24.2 Å². The molecule has 0 saturated carbocycles. The van der Waals surface area contributed by atoms with Gasteiger partial charge in [0.1, 0.15) is 0 Å². The molecule has 5 rings (SSSR count). The van der Waals surface area contributed by atoms with Gasteiger partial charge in [-0.2, -0.15) is 4.98 Å². The second kappa shape index (κ2) is 9.07. The maximum absolute atomic E-state index is 9.94. The van der Waals surface area contributed by atoms with E-state index in [1.165, 1.54) is 11.1 Å². The van der Waals surface area contributed by atoms with E-state index in [-0.39, 0.29) is 6.10 Å². The van der Waals surface area contributed by atoms with Crippen molar-refractivity contribution in [1.29, 1.82) is 0 Å². The zero-order valence-electron chi connectivity index (χ0n) is 18.2. The van der Waals surface area contributed by atoms with Crippen LogP contribution in [0.15, 0.2) is 77.3 Å². The number of nitrogens with zero attached hydrogens (tertiary/aromatic N) is 3. The molecule has 0 spiro atoms. The molecule has 1 saturated heterocycles. The topological polar surface area (TPSA) is 62.4 Å². The molecule has 1 unspecified atom stereocenters. The molecule has 1 aromatic heterocycles. The molecule has 162 valence electrons. The van der Waals surface area contributed by atoms with Crippen molar-refractivity contribution in [2.45, 2.75) is 32.4 Å². The van der Waals surface area contributed by atoms with Crippen LogP contribution in [0, 0.1) is 6.92 Å². The lowest BCUT2D eigenvalue weighted by Crippen LogP contribution is -2.37. The summed E-state index contributed by atoms with van der Waals surface area (Å²) in [5, 5.41) is 14.2. The molecule has 1 fully saturated rings. The number of aliphatic hydroxyl groups is 1. The van der Waals surface area contributed by atoms with Gasteiger partial charge in [0.05, 0.1) is 6.10 Å². The number of aliphatic hydroxyl groups excluding tert-OH is 1. The number of piperidine rings is 1. The van der Waals surface area contributed by atoms with E-state index in [1.807, 2.05) is 42.5 Å². The molecule has 5 nitrogen and oxygen atoms in total. The van der Waals surface area contributed by atoms with Gasteiger partial charge in [0.2, 0.25) is 5.82 Å². The molecule has 0 bridgehead atoms. The molecule has 1 N–H and O–H groups in total. The Balaban J connectivity index is 1.40. The van der Waals surface area contributed by atoms with Crippen molar-refractivity contribution in [2.24, 2.45) is 0 Å². The molecular weight excluding hydrogens is 398 g/mol. The number of hydrogen-bond acceptors (Lipinski definition) is 5. The Bertz CT molecular complexity index is 1200. The summed E-state index contributed by atoms with van der Waals surface area (Å²) in [7, 11) is 0. The molecule has 32 heavy (non-hydrogen) atoms. The number of rotatable bonds is 5. The fraction of sp³-hybridized carbons (Fsp3) is 0.259. The third kappa shape index (κ3) is 4.35. The SMILES string of the molecule is Cc1c(-c2ccccc2)cccc1-c1nc(-c2cccc(CN3CCCC(O)C3)c2)no1. The second-order valence-electron chi connectivity index (χ2n) is 8.50. The van der Waals surface area contributed by atoms with Crippen LogP contribution in [0.2, 0.25) is 0 Å². The largest absolute Gasteiger partial charge is 0.392 e. The van der Waals surface area contributed by atoms with E-state index < -0.39 is 0 Å². The molecule has 1 aliphatic heterocycles. The standard InChI is InChI=1S/C27H27N3O2/c1-19-24(21-9-3-2-4-10-21)13-6-14-25(19)27-28-26(29-32-27)22-11-5-8-20(16-22)17-30-15-7-12-23(31)18-30/h2-6,8-11,13-14,16,23,31H,7,12,15,17-18H2,1H3. The second-order valence-corrected chi connectivity index (χ2v) is 8.50. The van der Waals surface area contributed by atoms with Crippen LogP contribution in [0.1, 0.15) is 24.0 Å². The van der Waals surface area contributed by atoms with E-state index in [9.17, 15) is 5.11 Å². The highest BCUT2D eigenvalue weighted by molar-refractivity contribution is 5.75. The predicted molar refractivity (Wildman–Crippen MR) is 126 cm³/mol. The van der Waals surface area contributed by atoms with Crippen LogP contribution < -0.4 is 0 Å². The van der Waals surface area contributed by atoms with Gasteiger partial charge in [-0.25, -0.2) is 0 Å². The number of hydrogen-bond donors (Lipinski definition) is 1. The Morgan fingerprint density at radius 1 is 0.969 bits per heavy atom. The molecule has 0 radical (unpaired) electrons. The van der Waals surface area contributed by atoms with Crippen molar-refractivity contribution in [3.63, 3.8) is 0 Å². The summed E-state index contributed by atoms with van der Waals surface area (Å²) in [4.78, 5) is 7.01. The van der Waals surface area contributed by atoms with Crippen molar-refractivity contribution in [3.05, 3.63) is 83.9 Å². The summed E-state index contributed by atoms with van der Waals surface area (Å²) in [6, 6.07) is 24.8. The minimum Gasteiger partial charge on any atom is -0.392 e. The Kier molecular flexibility index (Phi) is 5.84. The molecule has 5 heteroatoms. The summed E-state index contributed by atoms with van der Waals surface area (Å²) in [5.41, 5.74) is 6.52. The van der Waals surface area contributed by atoms with Crippen LogP contribution in [-0.2, 0) is 6.54 Å². The van der Waals surface area contributed by atoms with Crippen molar-refractivity contribution in [2.75, 3.05) is 13.1 Å². The van der Waals surface area contributed by atoms with E-state index in [0.717, 1.165) is 54.7 Å². The Morgan fingerprint density at radius 2 is 1.75 bits per heavy atom. The zero-order valence-corrected chi connectivity index (χ0v) is 18.2. The normalized spacial score (nSPS) is 16.9. The lowest BCUT2D eigenvalue weighted by Gasteiger charge is -2.30. The van der Waals surface area contributed by atoms with Gasteiger partial charge in [-0.15, -0.1) is 0 Å². The highest BCUT2D eigenvalue weighted by atomic mass is 16.5. The Labute approximate surface area is 188 Å². The van der Waals surface area contributed by atoms with Gasteiger partial charge < -0.3 is 9.63 Å². The van der Waals surface area contributed by atoms with E-state index in [1.54, 1.807) is 0 Å². The first-order valence-corrected chi connectivity index (χ1v) is 11.2. The van der Waals surface area contributed by atoms with E-state index >= 15 is 0 Å². The van der Waals surface area contributed by atoms with Crippen LogP contribution in [0.4, 0.5) is 0 Å². The maximum Gasteiger partial charge on any atom is 0.258 e. The highest BCUT2D eigenvalue weighted by Gasteiger charge is 2.19. The smallest absolute Gasteiger partial charge is 0.258 e. The minimum atomic E-state index is -0.221. The molecule has 1 atom stereocenters. The number of benzene rings is 3. The molecule has 3 aromatic carbocycles. The summed E-state index contributed by atoms with van der Waals surface area (Å²) in [6.45, 7) is 4.65. The first kappa shape index (κ1) is 20.6. The maximum atomic E-state index is 9.94. The van der Waals surface area contributed by atoms with Crippen LogP contribution >= 0.6 is 0 Å². The third-order valence-electron chi connectivity index (χ3n) is 6.15. The number of aromatic nitrogens is 2. The average Bonchev–Trinajstić information content (AvgIpc) is 3.30. The van der Waals surface area contributed by atoms with Crippen molar-refractivity contribution in [3.8, 4) is 34.0 Å². The van der Waals surface area contributed by atoms with Crippen LogP contribution in [0.25, 0.3) is 34.0 Å². The molecule has 2 heterocycles. The first-order valence-electron chi connectivity index (χ1n) is 11.2. The Morgan fingerprint density at radius 3 is 2.59 bits per heavy atom. The van der Waals surface area contributed by atoms with Crippen LogP contribution in [-0.4, -0.2) is 39.3 Å². The summed E-state index contributed by atoms with van der Waals surface area (Å²) in [5.74, 6) is 1.12. The zero-order chi connectivity index (χ0) is 21.9. The van der Waals surface area contributed by atoms with Crippen molar-refractivity contribution >= 4 is 0 Å². The Hall–Kier alpha value is -3.28. The van der Waals surface area contributed by atoms with E-state index in [0.29, 0.717) is 11.7 Å². The van der Waals surface area contributed by atoms with Gasteiger partial charge in [-0.05, 0) is 60.7 Å². The number of β-amino-alcohol motifs (C(OH)–C–C–N with tert-alkyl or cyclic N) is 1. The predicted octanol–water partition coefficient (Wildman–Crippen LogP) is 5.34. The lowest BCUT2D eigenvalue weighted by atomic mass is 9.96. The summed E-state index contributed by atoms with van der Waals surface area (Å²) < 4.78 is 5.68. The number of likely N-dealkylation sites (tertiary alicyclic amines) is 1. The van der Waals surface area contributed by atoms with E-state index in [2.05, 4.69) is 47.3 Å². The molecule has 1 aliphatic rings. The molecule has 0 aliphatic carbocycles. The van der Waals surface area contributed by atoms with Gasteiger partial charge in [0.15, 0.2) is 0 Å². The fourth-order valence-electron chi connectivity index (χ4n) is 4.49. The molecule has 4 aromatic rings. The van der Waals surface area contributed by atoms with Gasteiger partial charge in [-0.1, -0.05) is 65.8 Å². The molecule has 0 amide bonds. The van der Waals surface area contributed by atoms with Gasteiger partial charge >= 0.3 is 0 Å². The first-order chi connectivity index (χ1) is 15.7. The summed E-state index contributed by atoms with van der Waals surface area (Å²) in [6.07, 6.45) is 1.71. The fourth-order valence-corrected chi connectivity index (χ4v) is 4.49. The van der Waals surface area contributed by atoms with Crippen LogP contribution in [0.5, 0.6) is 0 Å². The van der Waals surface area contributed by atoms with E-state index in [4.69, 9.17) is 9.51 Å². The average molecular weight is 426 g/mol. The van der Waals surface area contributed by atoms with Gasteiger partial charge in [0.25, 0.3) is 5.89 Å². The monoisotopic (exact) mass is 425 g/mol. The molecular formula is C27H27N3O2. The lowest BCUT2D eigenvalue weighted by molar-refractivity contribution is 0.0668. The van der Waals surface area contributed by atoms with Crippen LogP contribution in [0.3, 0.4) is 0 Å². The third-order valence-corrected chi connectivity index (χ3v) is 6.15. The van der Waals surface area contributed by atoms with Gasteiger partial charge in [-0.3, -0.25) is 4.90 Å². The van der Waals surface area contributed by atoms with Crippen molar-refractivity contribution in [1.82, 2.24) is 15.0 Å². The van der Waals surface area contributed by atoms with Crippen molar-refractivity contribution < 1.29 is 9.63 Å².